The van der Waals surface area contributed by atoms with Crippen molar-refractivity contribution in [2.24, 2.45) is 5.73 Å². The van der Waals surface area contributed by atoms with Gasteiger partial charge in [-0.1, -0.05) is 12.1 Å². The SMILES string of the molecule is CC(N)c1cccc(S(=O)(=O)NCCc2nccs2)c1. The number of hydrogen-bond acceptors (Lipinski definition) is 5. The summed E-state index contributed by atoms with van der Waals surface area (Å²) in [5.74, 6) is 0. The van der Waals surface area contributed by atoms with Crippen molar-refractivity contribution < 1.29 is 8.42 Å². The maximum absolute atomic E-state index is 12.2. The van der Waals surface area contributed by atoms with Gasteiger partial charge in [0.1, 0.15) is 0 Å². The molecule has 2 rings (SSSR count). The minimum absolute atomic E-state index is 0.194. The van der Waals surface area contributed by atoms with Gasteiger partial charge in [0, 0.05) is 30.6 Å². The minimum Gasteiger partial charge on any atom is -0.324 e. The molecule has 1 heterocycles. The van der Waals surface area contributed by atoms with E-state index in [4.69, 9.17) is 5.73 Å². The molecule has 0 bridgehead atoms. The second-order valence-corrected chi connectivity index (χ2v) is 7.18. The number of nitrogens with one attached hydrogen (secondary N) is 1. The average molecular weight is 311 g/mol. The van der Waals surface area contributed by atoms with Gasteiger partial charge >= 0.3 is 0 Å². The Bertz CT molecular complexity index is 652. The van der Waals surface area contributed by atoms with E-state index < -0.39 is 10.0 Å². The normalized spacial score (nSPS) is 13.3. The summed E-state index contributed by atoms with van der Waals surface area (Å²) in [4.78, 5) is 4.36. The highest BCUT2D eigenvalue weighted by molar-refractivity contribution is 7.89. The van der Waals surface area contributed by atoms with Crippen LogP contribution in [0.3, 0.4) is 0 Å². The van der Waals surface area contributed by atoms with E-state index in [1.165, 1.54) is 11.3 Å². The lowest BCUT2D eigenvalue weighted by atomic mass is 10.1. The Labute approximate surface area is 122 Å². The summed E-state index contributed by atoms with van der Waals surface area (Å²) in [5.41, 5.74) is 6.57. The topological polar surface area (TPSA) is 85.1 Å². The van der Waals surface area contributed by atoms with Crippen molar-refractivity contribution in [1.29, 1.82) is 0 Å². The van der Waals surface area contributed by atoms with Crippen LogP contribution in [0.2, 0.25) is 0 Å². The summed E-state index contributed by atoms with van der Waals surface area (Å²) in [5, 5.41) is 2.78. The van der Waals surface area contributed by atoms with Crippen LogP contribution in [0, 0.1) is 0 Å². The number of nitrogens with zero attached hydrogens (tertiary/aromatic N) is 1. The Kier molecular flexibility index (Phi) is 4.87. The van der Waals surface area contributed by atoms with Crippen LogP contribution in [-0.4, -0.2) is 19.9 Å². The molecule has 0 aliphatic heterocycles. The molecule has 5 nitrogen and oxygen atoms in total. The molecular weight excluding hydrogens is 294 g/mol. The number of sulfonamides is 1. The van der Waals surface area contributed by atoms with Crippen molar-refractivity contribution in [3.05, 3.63) is 46.4 Å². The van der Waals surface area contributed by atoms with E-state index in [0.717, 1.165) is 10.6 Å². The van der Waals surface area contributed by atoms with Gasteiger partial charge in [-0.2, -0.15) is 0 Å². The molecule has 0 saturated heterocycles. The number of nitrogens with two attached hydrogens (primary N) is 1. The number of thiazole rings is 1. The molecular formula is C13H17N3O2S2. The molecule has 0 saturated carbocycles. The molecule has 0 radical (unpaired) electrons. The third-order valence-corrected chi connectivity index (χ3v) is 5.11. The first-order chi connectivity index (χ1) is 9.49. The van der Waals surface area contributed by atoms with Crippen molar-refractivity contribution in [3.8, 4) is 0 Å². The molecule has 0 spiro atoms. The molecule has 2 aromatic rings. The van der Waals surface area contributed by atoms with Crippen molar-refractivity contribution >= 4 is 21.4 Å². The Morgan fingerprint density at radius 2 is 2.25 bits per heavy atom. The van der Waals surface area contributed by atoms with Crippen molar-refractivity contribution in [2.75, 3.05) is 6.54 Å². The van der Waals surface area contributed by atoms with E-state index in [-0.39, 0.29) is 10.9 Å². The van der Waals surface area contributed by atoms with Gasteiger partial charge in [0.2, 0.25) is 10.0 Å². The minimum atomic E-state index is -3.50. The van der Waals surface area contributed by atoms with Gasteiger partial charge in [0.15, 0.2) is 0 Å². The van der Waals surface area contributed by atoms with Crippen molar-refractivity contribution in [2.45, 2.75) is 24.3 Å². The maximum atomic E-state index is 12.2. The number of rotatable bonds is 6. The second-order valence-electron chi connectivity index (χ2n) is 4.43. The fourth-order valence-electron chi connectivity index (χ4n) is 1.72. The number of aromatic nitrogens is 1. The van der Waals surface area contributed by atoms with E-state index >= 15 is 0 Å². The predicted molar refractivity (Wildman–Crippen MR) is 80.1 cm³/mol. The number of hydrogen-bond donors (Lipinski definition) is 2. The smallest absolute Gasteiger partial charge is 0.240 e. The second kappa shape index (κ2) is 6.45. The molecule has 1 unspecified atom stereocenters. The largest absolute Gasteiger partial charge is 0.324 e. The first-order valence-corrected chi connectivity index (χ1v) is 8.59. The van der Waals surface area contributed by atoms with Crippen molar-refractivity contribution in [1.82, 2.24) is 9.71 Å². The van der Waals surface area contributed by atoms with Gasteiger partial charge in [-0.15, -0.1) is 11.3 Å². The lowest BCUT2D eigenvalue weighted by Crippen LogP contribution is -2.26. The van der Waals surface area contributed by atoms with Crippen molar-refractivity contribution in [3.63, 3.8) is 0 Å². The van der Waals surface area contributed by atoms with E-state index in [1.54, 1.807) is 24.4 Å². The zero-order chi connectivity index (χ0) is 14.6. The maximum Gasteiger partial charge on any atom is 0.240 e. The molecule has 20 heavy (non-hydrogen) atoms. The first-order valence-electron chi connectivity index (χ1n) is 6.22. The predicted octanol–water partition coefficient (Wildman–Crippen LogP) is 1.68. The third kappa shape index (κ3) is 3.86. The van der Waals surface area contributed by atoms with Crippen LogP contribution >= 0.6 is 11.3 Å². The van der Waals surface area contributed by atoms with Crippen LogP contribution in [0.1, 0.15) is 23.5 Å². The monoisotopic (exact) mass is 311 g/mol. The lowest BCUT2D eigenvalue weighted by Gasteiger charge is -2.09. The Balaban J connectivity index is 2.04. The molecule has 0 fully saturated rings. The molecule has 108 valence electrons. The van der Waals surface area contributed by atoms with Crippen LogP contribution in [0.15, 0.2) is 40.7 Å². The van der Waals surface area contributed by atoms with Gasteiger partial charge in [-0.25, -0.2) is 18.1 Å². The van der Waals surface area contributed by atoms with Gasteiger partial charge < -0.3 is 5.73 Å². The molecule has 1 aromatic heterocycles. The van der Waals surface area contributed by atoms with Crippen LogP contribution in [0.5, 0.6) is 0 Å². The summed E-state index contributed by atoms with van der Waals surface area (Å²) in [6.45, 7) is 2.15. The fourth-order valence-corrected chi connectivity index (χ4v) is 3.42. The molecule has 0 aliphatic rings. The highest BCUT2D eigenvalue weighted by Gasteiger charge is 2.14. The van der Waals surface area contributed by atoms with E-state index in [0.29, 0.717) is 13.0 Å². The molecule has 0 aliphatic carbocycles. The van der Waals surface area contributed by atoms with Gasteiger partial charge in [0.05, 0.1) is 9.90 Å². The summed E-state index contributed by atoms with van der Waals surface area (Å²) in [7, 11) is -3.50. The quantitative estimate of drug-likeness (QED) is 0.850. The average Bonchev–Trinajstić information content (AvgIpc) is 2.92. The third-order valence-electron chi connectivity index (χ3n) is 2.81. The van der Waals surface area contributed by atoms with E-state index in [1.807, 2.05) is 18.4 Å². The highest BCUT2D eigenvalue weighted by atomic mass is 32.2. The molecule has 0 amide bonds. The molecule has 3 N–H and O–H groups in total. The summed E-state index contributed by atoms with van der Waals surface area (Å²) >= 11 is 1.51. The Morgan fingerprint density at radius 3 is 2.90 bits per heavy atom. The zero-order valence-electron chi connectivity index (χ0n) is 11.1. The lowest BCUT2D eigenvalue weighted by molar-refractivity contribution is 0.581. The fraction of sp³-hybridized carbons (Fsp3) is 0.308. The molecule has 1 atom stereocenters. The highest BCUT2D eigenvalue weighted by Crippen LogP contribution is 2.15. The summed E-state index contributed by atoms with van der Waals surface area (Å²) in [6.07, 6.45) is 2.30. The van der Waals surface area contributed by atoms with Crippen LogP contribution in [0.25, 0.3) is 0 Å². The van der Waals surface area contributed by atoms with Crippen LogP contribution in [0.4, 0.5) is 0 Å². The number of benzene rings is 1. The van der Waals surface area contributed by atoms with Gasteiger partial charge in [0.25, 0.3) is 0 Å². The zero-order valence-corrected chi connectivity index (χ0v) is 12.7. The molecule has 1 aromatic carbocycles. The summed E-state index contributed by atoms with van der Waals surface area (Å²) in [6, 6.07) is 6.50. The van der Waals surface area contributed by atoms with Crippen LogP contribution < -0.4 is 10.5 Å². The first kappa shape index (κ1) is 15.1. The Morgan fingerprint density at radius 1 is 1.45 bits per heavy atom. The van der Waals surface area contributed by atoms with Gasteiger partial charge in [-0.3, -0.25) is 0 Å². The summed E-state index contributed by atoms with van der Waals surface area (Å²) < 4.78 is 26.9. The Hall–Kier alpha value is -1.28. The van der Waals surface area contributed by atoms with Crippen LogP contribution in [-0.2, 0) is 16.4 Å². The van der Waals surface area contributed by atoms with E-state index in [2.05, 4.69) is 9.71 Å². The van der Waals surface area contributed by atoms with E-state index in [9.17, 15) is 8.42 Å². The molecule has 7 heteroatoms. The standard InChI is InChI=1S/C13H17N3O2S2/c1-10(14)11-3-2-4-12(9-11)20(17,18)16-6-5-13-15-7-8-19-13/h2-4,7-10,16H,5-6,14H2,1H3. The van der Waals surface area contributed by atoms with Gasteiger partial charge in [-0.05, 0) is 24.6 Å².